The Kier molecular flexibility index (Phi) is 39.7. The van der Waals surface area contributed by atoms with Crippen LogP contribution < -0.4 is 0 Å². The number of unbranched alkanes of at least 4 members (excludes halogenated alkanes) is 8. The van der Waals surface area contributed by atoms with E-state index in [-0.39, 0.29) is 0 Å². The minimum Gasteiger partial charge on any atom is -0.416 e. The Labute approximate surface area is 400 Å². The van der Waals surface area contributed by atoms with Crippen molar-refractivity contribution < 1.29 is 21.2 Å². The molecule has 0 rings (SSSR count). The highest BCUT2D eigenvalue weighted by molar-refractivity contribution is 6.88. The Morgan fingerprint density at radius 1 is 0.254 bits per heavy atom. The van der Waals surface area contributed by atoms with Gasteiger partial charge in [0.25, 0.3) is 0 Å². The summed E-state index contributed by atoms with van der Waals surface area (Å²) in [7, 11) is -6.98. The van der Waals surface area contributed by atoms with E-state index in [1.165, 1.54) is 155 Å². The molecule has 0 aliphatic heterocycles. The Hall–Kier alpha value is 0.508. The van der Waals surface area contributed by atoms with Crippen molar-refractivity contribution in [2.45, 2.75) is 234 Å². The second-order valence-corrected chi connectivity index (χ2v) is 34.2. The van der Waals surface area contributed by atoms with Crippen LogP contribution in [0.15, 0.2) is 0 Å². The number of hydrogen-bond acceptors (Lipinski definition) is 9. The van der Waals surface area contributed by atoms with E-state index in [1.54, 1.807) is 0 Å². The fourth-order valence-electron chi connectivity index (χ4n) is 8.90. The molecule has 0 spiro atoms. The first-order chi connectivity index (χ1) is 30.2. The standard InChI is InChI=1S/C50H114N4O5Si4/c1-15-23-35-51(36-24-16-2)43-31-47-60(11,55-9)57-62(13,49-33-45-53(39-27-19-5)40-28-20-6)59-63(14,50-34-46-54(41-29-21-7)42-30-22-8)58-61(12,56-10)48-32-44-52(37-25-17-3)38-26-18-4/h15-50H2,1-14H3. The van der Waals surface area contributed by atoms with Crippen molar-refractivity contribution in [3.8, 4) is 0 Å². The molecular weight excluding hydrogens is 849 g/mol. The molecule has 380 valence electrons. The highest BCUT2D eigenvalue weighted by Gasteiger charge is 2.50. The molecule has 4 atom stereocenters. The SMILES string of the molecule is CCCCN(CCCC)CCC[Si](C)(OC)O[Si](C)(CCCN(CCCC)CCCC)O[Si](C)(CCCN(CCCC)CCCC)O[Si](C)(CCCN(CCCC)CCCC)OC. The first-order valence-corrected chi connectivity index (χ1v) is 37.4. The van der Waals surface area contributed by atoms with Crippen molar-refractivity contribution in [3.05, 3.63) is 0 Å². The summed E-state index contributed by atoms with van der Waals surface area (Å²) in [5, 5.41) is 0. The van der Waals surface area contributed by atoms with Gasteiger partial charge in [0, 0.05) is 14.2 Å². The molecular formula is C50H114N4O5Si4. The van der Waals surface area contributed by atoms with Crippen molar-refractivity contribution in [1.82, 2.24) is 19.6 Å². The van der Waals surface area contributed by atoms with Crippen LogP contribution in [0.1, 0.15) is 184 Å². The Morgan fingerprint density at radius 2 is 0.413 bits per heavy atom. The van der Waals surface area contributed by atoms with Crippen molar-refractivity contribution >= 4 is 34.2 Å². The summed E-state index contributed by atoms with van der Waals surface area (Å²) in [6, 6.07) is 3.91. The first kappa shape index (κ1) is 63.5. The van der Waals surface area contributed by atoms with Crippen molar-refractivity contribution in [3.63, 3.8) is 0 Å². The molecule has 0 saturated carbocycles. The molecule has 0 fully saturated rings. The second kappa shape index (κ2) is 39.4. The molecule has 63 heavy (non-hydrogen) atoms. The van der Waals surface area contributed by atoms with Gasteiger partial charge in [-0.05, 0) is 206 Å². The smallest absolute Gasteiger partial charge is 0.325 e. The summed E-state index contributed by atoms with van der Waals surface area (Å²) >= 11 is 0. The summed E-state index contributed by atoms with van der Waals surface area (Å²) < 4.78 is 36.2. The molecule has 0 aromatic heterocycles. The molecule has 0 heterocycles. The molecule has 9 nitrogen and oxygen atoms in total. The third kappa shape index (κ3) is 32.0. The molecule has 0 amide bonds. The van der Waals surface area contributed by atoms with E-state index < -0.39 is 34.2 Å². The number of nitrogens with zero attached hydrogens (tertiary/aromatic N) is 4. The van der Waals surface area contributed by atoms with Crippen LogP contribution in [0.2, 0.25) is 50.4 Å². The Bertz CT molecular complexity index is 924. The predicted molar refractivity (Wildman–Crippen MR) is 286 cm³/mol. The van der Waals surface area contributed by atoms with Gasteiger partial charge in [0.15, 0.2) is 0 Å². The molecule has 0 aliphatic carbocycles. The van der Waals surface area contributed by atoms with Gasteiger partial charge in [0.1, 0.15) is 0 Å². The van der Waals surface area contributed by atoms with Gasteiger partial charge in [-0.25, -0.2) is 0 Å². The van der Waals surface area contributed by atoms with E-state index in [9.17, 15) is 0 Å². The lowest BCUT2D eigenvalue weighted by Gasteiger charge is -2.44. The maximum atomic E-state index is 7.86. The molecule has 4 unspecified atom stereocenters. The summed E-state index contributed by atoms with van der Waals surface area (Å²) in [4.78, 5) is 10.8. The zero-order valence-corrected chi connectivity index (χ0v) is 49.3. The lowest BCUT2D eigenvalue weighted by molar-refractivity contribution is 0.219. The van der Waals surface area contributed by atoms with Gasteiger partial charge in [-0.3, -0.25) is 0 Å². The predicted octanol–water partition coefficient (Wildman–Crippen LogP) is 13.8. The van der Waals surface area contributed by atoms with E-state index in [0.29, 0.717) is 0 Å². The van der Waals surface area contributed by atoms with Crippen LogP contribution in [0.25, 0.3) is 0 Å². The fraction of sp³-hybridized carbons (Fsp3) is 1.00. The van der Waals surface area contributed by atoms with E-state index in [2.05, 4.69) is 101 Å². The zero-order valence-electron chi connectivity index (χ0n) is 45.3. The lowest BCUT2D eigenvalue weighted by Crippen LogP contribution is -2.61. The third-order valence-electron chi connectivity index (χ3n) is 13.2. The number of rotatable bonds is 48. The minimum atomic E-state index is -2.82. The van der Waals surface area contributed by atoms with E-state index in [4.69, 9.17) is 21.2 Å². The lowest BCUT2D eigenvalue weighted by atomic mass is 10.2. The van der Waals surface area contributed by atoms with Crippen molar-refractivity contribution in [1.29, 1.82) is 0 Å². The molecule has 0 saturated heterocycles. The first-order valence-electron chi connectivity index (χ1n) is 27.3. The van der Waals surface area contributed by atoms with E-state index in [1.807, 2.05) is 14.2 Å². The average Bonchev–Trinajstić information content (AvgIpc) is 3.26. The van der Waals surface area contributed by atoms with Crippen LogP contribution in [0.4, 0.5) is 0 Å². The molecule has 0 aromatic rings. The maximum Gasteiger partial charge on any atom is 0.325 e. The third-order valence-corrected chi connectivity index (χ3v) is 30.3. The van der Waals surface area contributed by atoms with Gasteiger partial charge >= 0.3 is 34.2 Å². The van der Waals surface area contributed by atoms with E-state index in [0.717, 1.165) is 76.0 Å². The quantitative estimate of drug-likeness (QED) is 0.0555. The van der Waals surface area contributed by atoms with Crippen molar-refractivity contribution in [2.75, 3.05) is 92.8 Å². The molecule has 0 aromatic carbocycles. The summed E-state index contributed by atoms with van der Waals surface area (Å²) in [5.41, 5.74) is 0. The van der Waals surface area contributed by atoms with Gasteiger partial charge in [-0.1, -0.05) is 107 Å². The monoisotopic (exact) mass is 963 g/mol. The molecule has 0 bridgehead atoms. The summed E-state index contributed by atoms with van der Waals surface area (Å²) in [6.45, 7) is 41.9. The van der Waals surface area contributed by atoms with Crippen LogP contribution in [0, 0.1) is 0 Å². The molecule has 0 N–H and O–H groups in total. The van der Waals surface area contributed by atoms with Crippen LogP contribution in [-0.4, -0.2) is 147 Å². The van der Waals surface area contributed by atoms with Gasteiger partial charge in [0.2, 0.25) is 0 Å². The van der Waals surface area contributed by atoms with Crippen molar-refractivity contribution in [2.24, 2.45) is 0 Å². The minimum absolute atomic E-state index is 0.965. The van der Waals surface area contributed by atoms with Gasteiger partial charge < -0.3 is 40.8 Å². The highest BCUT2D eigenvalue weighted by Crippen LogP contribution is 2.34. The normalized spacial score (nSPS) is 16.3. The largest absolute Gasteiger partial charge is 0.416 e. The Balaban J connectivity index is 6.86. The van der Waals surface area contributed by atoms with E-state index >= 15 is 0 Å². The average molecular weight is 964 g/mol. The zero-order chi connectivity index (χ0) is 47.3. The molecule has 0 radical (unpaired) electrons. The fourth-order valence-corrected chi connectivity index (χ4v) is 27.7. The molecule has 13 heteroatoms. The Morgan fingerprint density at radius 3 is 0.587 bits per heavy atom. The molecule has 0 aliphatic rings. The summed E-state index contributed by atoms with van der Waals surface area (Å²) in [5.74, 6) is 0. The summed E-state index contributed by atoms with van der Waals surface area (Å²) in [6.07, 6.45) is 24.4. The second-order valence-electron chi connectivity index (χ2n) is 19.9. The van der Waals surface area contributed by atoms with Crippen LogP contribution >= 0.6 is 0 Å². The van der Waals surface area contributed by atoms with Gasteiger partial charge in [-0.2, -0.15) is 0 Å². The maximum absolute atomic E-state index is 7.86. The number of hydrogen-bond donors (Lipinski definition) is 0. The van der Waals surface area contributed by atoms with Crippen LogP contribution in [0.3, 0.4) is 0 Å². The topological polar surface area (TPSA) is 59.1 Å². The van der Waals surface area contributed by atoms with Gasteiger partial charge in [-0.15, -0.1) is 0 Å². The highest BCUT2D eigenvalue weighted by atomic mass is 28.5. The van der Waals surface area contributed by atoms with Gasteiger partial charge in [0.05, 0.1) is 0 Å². The van der Waals surface area contributed by atoms with Crippen LogP contribution in [0.5, 0.6) is 0 Å². The van der Waals surface area contributed by atoms with Crippen LogP contribution in [-0.2, 0) is 21.2 Å².